The first-order valence-corrected chi connectivity index (χ1v) is 20.3. The third-order valence-corrected chi connectivity index (χ3v) is 16.0. The molecule has 0 bridgehead atoms. The fraction of sp³-hybridized carbons (Fsp3) is 0.611. The molecular formula is C36H50Cl2N2O4Si. The van der Waals surface area contributed by atoms with E-state index in [1.54, 1.807) is 7.11 Å². The van der Waals surface area contributed by atoms with Crippen molar-refractivity contribution in [1.29, 1.82) is 0 Å². The van der Waals surface area contributed by atoms with Gasteiger partial charge in [0.05, 0.1) is 6.10 Å². The third-order valence-electron chi connectivity index (χ3n) is 10.8. The minimum Gasteiger partial charge on any atom is -0.414 e. The zero-order valence-corrected chi connectivity index (χ0v) is 30.3. The SMILES string of the molecule is COC1CCN(C(=O)c2ccc(-c3cc(Cl)c(C[C@@H]4CCN([C@H]5CC[C@@H](O[Si](C)(C)C(C)(C)C)CC5)C4=O)c(Cl)c3)cc2)CC1. The van der Waals surface area contributed by atoms with Gasteiger partial charge in [0.25, 0.3) is 5.91 Å². The third kappa shape index (κ3) is 7.81. The second kappa shape index (κ2) is 14.1. The van der Waals surface area contributed by atoms with E-state index < -0.39 is 8.32 Å². The highest BCUT2D eigenvalue weighted by Gasteiger charge is 2.42. The largest absolute Gasteiger partial charge is 0.414 e. The van der Waals surface area contributed by atoms with E-state index >= 15 is 0 Å². The molecule has 0 radical (unpaired) electrons. The maximum Gasteiger partial charge on any atom is 0.253 e. The molecule has 0 spiro atoms. The number of nitrogens with zero attached hydrogens (tertiary/aromatic N) is 2. The van der Waals surface area contributed by atoms with Crippen LogP contribution in [0.2, 0.25) is 28.2 Å². The number of ether oxygens (including phenoxy) is 1. The van der Waals surface area contributed by atoms with Crippen molar-refractivity contribution in [2.45, 2.75) is 109 Å². The van der Waals surface area contributed by atoms with Crippen LogP contribution in [0.15, 0.2) is 36.4 Å². The number of likely N-dealkylation sites (tertiary alicyclic amines) is 2. The van der Waals surface area contributed by atoms with Crippen LogP contribution in [0.5, 0.6) is 0 Å². The Balaban J connectivity index is 1.17. The Bertz CT molecular complexity index is 1340. The predicted octanol–water partition coefficient (Wildman–Crippen LogP) is 8.64. The molecule has 0 aromatic heterocycles. The number of piperidine rings is 1. The molecule has 2 aromatic rings. The number of hydrogen-bond acceptors (Lipinski definition) is 4. The lowest BCUT2D eigenvalue weighted by molar-refractivity contribution is -0.133. The molecule has 2 saturated heterocycles. The fourth-order valence-corrected chi connectivity index (χ4v) is 8.94. The van der Waals surface area contributed by atoms with Gasteiger partial charge < -0.3 is 19.0 Å². The average molecular weight is 674 g/mol. The highest BCUT2D eigenvalue weighted by Crippen LogP contribution is 2.41. The predicted molar refractivity (Wildman–Crippen MR) is 186 cm³/mol. The molecule has 6 nitrogen and oxygen atoms in total. The second-order valence-electron chi connectivity index (χ2n) is 14.8. The van der Waals surface area contributed by atoms with Crippen LogP contribution in [0.3, 0.4) is 0 Å². The van der Waals surface area contributed by atoms with Gasteiger partial charge in [-0.3, -0.25) is 9.59 Å². The molecule has 3 aliphatic rings. The number of carbonyl (C=O) groups is 2. The molecular weight excluding hydrogens is 623 g/mol. The van der Waals surface area contributed by atoms with Crippen LogP contribution in [0.1, 0.15) is 81.6 Å². The summed E-state index contributed by atoms with van der Waals surface area (Å²) in [5.41, 5.74) is 3.34. The summed E-state index contributed by atoms with van der Waals surface area (Å²) in [6, 6.07) is 11.8. The first-order valence-electron chi connectivity index (χ1n) is 16.7. The van der Waals surface area contributed by atoms with Crippen LogP contribution in [-0.2, 0) is 20.4 Å². The van der Waals surface area contributed by atoms with Crippen molar-refractivity contribution < 1.29 is 18.8 Å². The van der Waals surface area contributed by atoms with Gasteiger partial charge in [-0.1, -0.05) is 56.1 Å². The molecule has 2 aromatic carbocycles. The van der Waals surface area contributed by atoms with Crippen molar-refractivity contribution in [3.05, 3.63) is 57.6 Å². The van der Waals surface area contributed by atoms with Gasteiger partial charge in [-0.25, -0.2) is 0 Å². The van der Waals surface area contributed by atoms with Crippen LogP contribution in [-0.4, -0.2) is 74.9 Å². The molecule has 2 heterocycles. The van der Waals surface area contributed by atoms with Crippen molar-refractivity contribution in [2.24, 2.45) is 5.92 Å². The molecule has 45 heavy (non-hydrogen) atoms. The standard InChI is InChI=1S/C36H50Cl2N2O4Si/c1-36(2,3)45(5,6)44-30-13-11-28(12-14-30)40-20-15-26(35(40)42)21-31-32(37)22-27(23-33(31)38)24-7-9-25(10-8-24)34(41)39-18-16-29(43-4)17-19-39/h7-10,22-23,26,28-30H,11-21H2,1-6H3/t26-,28-,30+/m0/s1. The van der Waals surface area contributed by atoms with E-state index in [-0.39, 0.29) is 28.9 Å². The van der Waals surface area contributed by atoms with Gasteiger partial charge >= 0.3 is 0 Å². The van der Waals surface area contributed by atoms with Crippen molar-refractivity contribution >= 4 is 43.3 Å². The van der Waals surface area contributed by atoms with E-state index in [2.05, 4.69) is 38.8 Å². The molecule has 1 aliphatic carbocycles. The van der Waals surface area contributed by atoms with Gasteiger partial charge in [-0.05, 0) is 110 Å². The van der Waals surface area contributed by atoms with Gasteiger partial charge in [0.2, 0.25) is 5.91 Å². The quantitative estimate of drug-likeness (QED) is 0.263. The minimum absolute atomic E-state index is 0.0466. The van der Waals surface area contributed by atoms with Crippen molar-refractivity contribution in [1.82, 2.24) is 9.80 Å². The molecule has 246 valence electrons. The topological polar surface area (TPSA) is 59.1 Å². The van der Waals surface area contributed by atoms with Gasteiger partial charge in [-0.15, -0.1) is 0 Å². The average Bonchev–Trinajstić information content (AvgIpc) is 3.37. The van der Waals surface area contributed by atoms with E-state index in [0.29, 0.717) is 47.3 Å². The Morgan fingerprint density at radius 1 is 0.867 bits per heavy atom. The molecule has 3 fully saturated rings. The van der Waals surface area contributed by atoms with Crippen LogP contribution >= 0.6 is 23.2 Å². The van der Waals surface area contributed by atoms with Crippen LogP contribution < -0.4 is 0 Å². The van der Waals surface area contributed by atoms with E-state index in [1.807, 2.05) is 41.3 Å². The highest BCUT2D eigenvalue weighted by atomic mass is 35.5. The van der Waals surface area contributed by atoms with E-state index in [4.69, 9.17) is 32.4 Å². The Morgan fingerprint density at radius 2 is 1.47 bits per heavy atom. The molecule has 0 N–H and O–H groups in total. The molecule has 1 atom stereocenters. The Labute approximate surface area is 280 Å². The molecule has 0 unspecified atom stereocenters. The number of carbonyl (C=O) groups excluding carboxylic acids is 2. The summed E-state index contributed by atoms with van der Waals surface area (Å²) >= 11 is 13.6. The number of methoxy groups -OCH3 is 1. The lowest BCUT2D eigenvalue weighted by Crippen LogP contribution is -2.47. The van der Waals surface area contributed by atoms with Crippen molar-refractivity contribution in [3.8, 4) is 11.1 Å². The summed E-state index contributed by atoms with van der Waals surface area (Å²) in [6.07, 6.45) is 7.69. The van der Waals surface area contributed by atoms with Gasteiger partial charge in [0.1, 0.15) is 0 Å². The summed E-state index contributed by atoms with van der Waals surface area (Å²) in [4.78, 5) is 30.6. The number of benzene rings is 2. The summed E-state index contributed by atoms with van der Waals surface area (Å²) in [5, 5.41) is 1.36. The summed E-state index contributed by atoms with van der Waals surface area (Å²) in [7, 11) is -0.0628. The zero-order valence-electron chi connectivity index (χ0n) is 27.8. The number of halogens is 2. The molecule has 9 heteroatoms. The van der Waals surface area contributed by atoms with Crippen LogP contribution in [0.4, 0.5) is 0 Å². The Morgan fingerprint density at radius 3 is 2.02 bits per heavy atom. The molecule has 1 saturated carbocycles. The van der Waals surface area contributed by atoms with E-state index in [1.165, 1.54) is 0 Å². The Kier molecular flexibility index (Phi) is 10.8. The maximum atomic E-state index is 13.6. The maximum absolute atomic E-state index is 13.6. The van der Waals surface area contributed by atoms with Gasteiger partial charge in [-0.2, -0.15) is 0 Å². The minimum atomic E-state index is -1.79. The lowest BCUT2D eigenvalue weighted by atomic mass is 9.92. The highest BCUT2D eigenvalue weighted by molar-refractivity contribution is 6.74. The van der Waals surface area contributed by atoms with E-state index in [0.717, 1.165) is 68.2 Å². The smallest absolute Gasteiger partial charge is 0.253 e. The number of hydrogen-bond donors (Lipinski definition) is 0. The van der Waals surface area contributed by atoms with Crippen LogP contribution in [0, 0.1) is 5.92 Å². The normalized spacial score (nSPS) is 23.6. The fourth-order valence-electron chi connectivity index (χ4n) is 6.88. The van der Waals surface area contributed by atoms with Crippen molar-refractivity contribution in [3.63, 3.8) is 0 Å². The summed E-state index contributed by atoms with van der Waals surface area (Å²) in [5.74, 6) is 0.170. The monoisotopic (exact) mass is 672 g/mol. The Hall–Kier alpha value is -1.90. The van der Waals surface area contributed by atoms with Gasteiger partial charge in [0, 0.05) is 60.4 Å². The summed E-state index contributed by atoms with van der Waals surface area (Å²) in [6.45, 7) is 13.7. The number of rotatable bonds is 8. The van der Waals surface area contributed by atoms with Gasteiger partial charge in [0.15, 0.2) is 8.32 Å². The zero-order chi connectivity index (χ0) is 32.5. The first kappa shape index (κ1) is 34.4. The van der Waals surface area contributed by atoms with Crippen molar-refractivity contribution in [2.75, 3.05) is 26.7 Å². The molecule has 2 aliphatic heterocycles. The first-order chi connectivity index (χ1) is 21.3. The molecule has 2 amide bonds. The lowest BCUT2D eigenvalue weighted by Gasteiger charge is -2.42. The molecule has 5 rings (SSSR count). The summed E-state index contributed by atoms with van der Waals surface area (Å²) < 4.78 is 12.1. The second-order valence-corrected chi connectivity index (χ2v) is 20.3. The van der Waals surface area contributed by atoms with E-state index in [9.17, 15) is 9.59 Å². The number of amides is 2. The van der Waals surface area contributed by atoms with Crippen LogP contribution in [0.25, 0.3) is 11.1 Å².